The first-order valence-electron chi connectivity index (χ1n) is 5.67. The van der Waals surface area contributed by atoms with E-state index in [-0.39, 0.29) is 12.9 Å². The van der Waals surface area contributed by atoms with Crippen molar-refractivity contribution >= 4 is 0 Å². The molecule has 1 aliphatic rings. The van der Waals surface area contributed by atoms with Crippen molar-refractivity contribution in [1.82, 2.24) is 0 Å². The number of hydrogen-bond donors (Lipinski definition) is 1. The van der Waals surface area contributed by atoms with Gasteiger partial charge in [0.15, 0.2) is 6.29 Å². The van der Waals surface area contributed by atoms with Gasteiger partial charge in [-0.1, -0.05) is 6.92 Å². The van der Waals surface area contributed by atoms with Crippen molar-refractivity contribution in [2.45, 2.75) is 45.3 Å². The Balaban J connectivity index is 1.96. The average Bonchev–Trinajstić information content (AvgIpc) is 2.20. The maximum absolute atomic E-state index is 8.72. The fraction of sp³-hybridized carbons (Fsp3) is 1.00. The quantitative estimate of drug-likeness (QED) is 0.715. The van der Waals surface area contributed by atoms with Crippen LogP contribution in [0, 0.1) is 5.92 Å². The fourth-order valence-electron chi connectivity index (χ4n) is 1.61. The Hall–Kier alpha value is -0.120. The fourth-order valence-corrected chi connectivity index (χ4v) is 1.61. The Morgan fingerprint density at radius 2 is 2.29 bits per heavy atom. The highest BCUT2D eigenvalue weighted by Gasteiger charge is 2.13. The van der Waals surface area contributed by atoms with Gasteiger partial charge in [0.05, 0.1) is 0 Å². The molecule has 1 aliphatic heterocycles. The third-order valence-corrected chi connectivity index (χ3v) is 2.67. The van der Waals surface area contributed by atoms with Crippen LogP contribution in [0.25, 0.3) is 0 Å². The summed E-state index contributed by atoms with van der Waals surface area (Å²) in [5, 5.41) is 8.72. The molecule has 1 saturated heterocycles. The molecule has 3 nitrogen and oxygen atoms in total. The van der Waals surface area contributed by atoms with E-state index in [2.05, 4.69) is 6.92 Å². The first-order valence-corrected chi connectivity index (χ1v) is 5.67. The molecule has 1 rings (SSSR count). The van der Waals surface area contributed by atoms with Crippen molar-refractivity contribution in [3.05, 3.63) is 0 Å². The van der Waals surface area contributed by atoms with Crippen molar-refractivity contribution in [1.29, 1.82) is 0 Å². The molecule has 0 aliphatic carbocycles. The van der Waals surface area contributed by atoms with Crippen molar-refractivity contribution in [3.8, 4) is 0 Å². The van der Waals surface area contributed by atoms with Crippen LogP contribution in [0.15, 0.2) is 0 Å². The van der Waals surface area contributed by atoms with Crippen LogP contribution in [0.5, 0.6) is 0 Å². The molecule has 0 aromatic rings. The van der Waals surface area contributed by atoms with Crippen LogP contribution in [0.3, 0.4) is 0 Å². The molecule has 0 aromatic heterocycles. The van der Waals surface area contributed by atoms with Crippen LogP contribution in [0.2, 0.25) is 0 Å². The van der Waals surface area contributed by atoms with Gasteiger partial charge in [0.2, 0.25) is 0 Å². The zero-order valence-electron chi connectivity index (χ0n) is 9.08. The molecule has 0 aromatic carbocycles. The lowest BCUT2D eigenvalue weighted by Gasteiger charge is -2.23. The number of aliphatic hydroxyl groups excluding tert-OH is 1. The van der Waals surface area contributed by atoms with Gasteiger partial charge in [-0.05, 0) is 38.0 Å². The maximum atomic E-state index is 8.72. The van der Waals surface area contributed by atoms with Gasteiger partial charge >= 0.3 is 0 Å². The summed E-state index contributed by atoms with van der Waals surface area (Å²) in [5.41, 5.74) is 0. The van der Waals surface area contributed by atoms with Crippen LogP contribution in [0.4, 0.5) is 0 Å². The summed E-state index contributed by atoms with van der Waals surface area (Å²) in [7, 11) is 0. The molecule has 1 heterocycles. The molecule has 0 radical (unpaired) electrons. The van der Waals surface area contributed by atoms with E-state index in [1.165, 1.54) is 12.8 Å². The minimum Gasteiger partial charge on any atom is -0.396 e. The van der Waals surface area contributed by atoms with Crippen molar-refractivity contribution in [2.24, 2.45) is 5.92 Å². The molecule has 0 amide bonds. The zero-order valence-corrected chi connectivity index (χ0v) is 9.08. The Bertz CT molecular complexity index is 132. The molecule has 1 N–H and O–H groups in total. The first-order chi connectivity index (χ1) is 6.83. The second kappa shape index (κ2) is 7.21. The molecule has 2 atom stereocenters. The van der Waals surface area contributed by atoms with E-state index in [1.807, 2.05) is 0 Å². The van der Waals surface area contributed by atoms with E-state index in [0.29, 0.717) is 5.92 Å². The van der Waals surface area contributed by atoms with Crippen LogP contribution in [-0.2, 0) is 9.47 Å². The van der Waals surface area contributed by atoms with Crippen molar-refractivity contribution in [2.75, 3.05) is 19.8 Å². The van der Waals surface area contributed by atoms with Gasteiger partial charge in [-0.2, -0.15) is 0 Å². The highest BCUT2D eigenvalue weighted by Crippen LogP contribution is 2.15. The highest BCUT2D eigenvalue weighted by atomic mass is 16.7. The van der Waals surface area contributed by atoms with Gasteiger partial charge in [-0.15, -0.1) is 0 Å². The van der Waals surface area contributed by atoms with E-state index in [0.717, 1.165) is 32.5 Å². The van der Waals surface area contributed by atoms with Crippen molar-refractivity contribution < 1.29 is 14.6 Å². The summed E-state index contributed by atoms with van der Waals surface area (Å²) in [4.78, 5) is 0. The average molecular weight is 202 g/mol. The summed E-state index contributed by atoms with van der Waals surface area (Å²) < 4.78 is 11.0. The Morgan fingerprint density at radius 3 is 2.93 bits per heavy atom. The van der Waals surface area contributed by atoms with E-state index in [4.69, 9.17) is 14.6 Å². The van der Waals surface area contributed by atoms with Gasteiger partial charge in [0.25, 0.3) is 0 Å². The normalized spacial score (nSPS) is 24.9. The second-order valence-electron chi connectivity index (χ2n) is 4.07. The van der Waals surface area contributed by atoms with Gasteiger partial charge < -0.3 is 14.6 Å². The lowest BCUT2D eigenvalue weighted by Crippen LogP contribution is -2.23. The molecular weight excluding hydrogens is 180 g/mol. The standard InChI is InChI=1S/C11H22O3/c1-10(5-7-12)6-9-14-11-4-2-3-8-13-11/h10-12H,2-9H2,1H3/t10-,11?/m0/s1. The first kappa shape index (κ1) is 12.0. The van der Waals surface area contributed by atoms with E-state index in [1.54, 1.807) is 0 Å². The largest absolute Gasteiger partial charge is 0.396 e. The number of ether oxygens (including phenoxy) is 2. The smallest absolute Gasteiger partial charge is 0.157 e. The predicted molar refractivity (Wildman–Crippen MR) is 55.0 cm³/mol. The minimum atomic E-state index is 0.0325. The number of aliphatic hydroxyl groups is 1. The molecule has 1 unspecified atom stereocenters. The summed E-state index contributed by atoms with van der Waals surface area (Å²) in [6, 6.07) is 0. The van der Waals surface area contributed by atoms with E-state index in [9.17, 15) is 0 Å². The Morgan fingerprint density at radius 1 is 1.43 bits per heavy atom. The van der Waals surface area contributed by atoms with E-state index < -0.39 is 0 Å². The summed E-state index contributed by atoms with van der Waals surface area (Å²) in [5.74, 6) is 0.545. The van der Waals surface area contributed by atoms with E-state index >= 15 is 0 Å². The van der Waals surface area contributed by atoms with Gasteiger partial charge in [-0.25, -0.2) is 0 Å². The third kappa shape index (κ3) is 4.94. The predicted octanol–water partition coefficient (Wildman–Crippen LogP) is 1.94. The molecular formula is C11H22O3. The highest BCUT2D eigenvalue weighted by molar-refractivity contribution is 4.56. The molecule has 1 fully saturated rings. The van der Waals surface area contributed by atoms with Crippen LogP contribution in [-0.4, -0.2) is 31.2 Å². The monoisotopic (exact) mass is 202 g/mol. The lowest BCUT2D eigenvalue weighted by molar-refractivity contribution is -0.164. The van der Waals surface area contributed by atoms with Crippen molar-refractivity contribution in [3.63, 3.8) is 0 Å². The summed E-state index contributed by atoms with van der Waals surface area (Å²) >= 11 is 0. The summed E-state index contributed by atoms with van der Waals surface area (Å²) in [6.07, 6.45) is 5.34. The lowest BCUT2D eigenvalue weighted by atomic mass is 10.1. The van der Waals surface area contributed by atoms with Gasteiger partial charge in [0.1, 0.15) is 0 Å². The zero-order chi connectivity index (χ0) is 10.2. The molecule has 84 valence electrons. The minimum absolute atomic E-state index is 0.0325. The number of hydrogen-bond acceptors (Lipinski definition) is 3. The number of rotatable bonds is 6. The Labute approximate surface area is 86.4 Å². The molecule has 14 heavy (non-hydrogen) atoms. The topological polar surface area (TPSA) is 38.7 Å². The third-order valence-electron chi connectivity index (χ3n) is 2.67. The SMILES string of the molecule is C[C@@H](CCO)CCOC1CCCCO1. The molecule has 3 heteroatoms. The summed E-state index contributed by atoms with van der Waals surface area (Å²) in [6.45, 7) is 4.02. The van der Waals surface area contributed by atoms with Gasteiger partial charge in [0, 0.05) is 19.8 Å². The molecule has 0 spiro atoms. The van der Waals surface area contributed by atoms with Crippen LogP contribution < -0.4 is 0 Å². The molecule has 0 saturated carbocycles. The maximum Gasteiger partial charge on any atom is 0.157 e. The van der Waals surface area contributed by atoms with Crippen LogP contribution in [0.1, 0.15) is 39.0 Å². The second-order valence-corrected chi connectivity index (χ2v) is 4.07. The Kier molecular flexibility index (Phi) is 6.15. The van der Waals surface area contributed by atoms with Gasteiger partial charge in [-0.3, -0.25) is 0 Å². The molecule has 0 bridgehead atoms. The van der Waals surface area contributed by atoms with Crippen LogP contribution >= 0.6 is 0 Å².